The van der Waals surface area contributed by atoms with E-state index in [2.05, 4.69) is 4.90 Å². The lowest BCUT2D eigenvalue weighted by Crippen LogP contribution is -2.33. The largest absolute Gasteiger partial charge is 0.493 e. The zero-order valence-electron chi connectivity index (χ0n) is 19.3. The number of nitrogens with one attached hydrogen (secondary N) is 1. The first kappa shape index (κ1) is 26.1. The minimum Gasteiger partial charge on any atom is -0.493 e. The number of amides is 1. The molecule has 2 aliphatic rings. The van der Waals surface area contributed by atoms with Crippen LogP contribution >= 0.6 is 23.2 Å². The summed E-state index contributed by atoms with van der Waals surface area (Å²) in [5, 5.41) is -0.0339. The van der Waals surface area contributed by atoms with Gasteiger partial charge in [0.05, 0.1) is 29.0 Å². The highest BCUT2D eigenvalue weighted by molar-refractivity contribution is 7.89. The molecule has 0 spiro atoms. The second-order valence-corrected chi connectivity index (χ2v) is 11.7. The Balaban J connectivity index is 1.57. The summed E-state index contributed by atoms with van der Waals surface area (Å²) in [7, 11) is -2.49. The molecule has 0 aromatic heterocycles. The number of piperidine rings is 1. The number of methoxy groups -OCH3 is 1. The first-order valence-corrected chi connectivity index (χ1v) is 13.9. The lowest BCUT2D eigenvalue weighted by molar-refractivity contribution is 0.0976. The van der Waals surface area contributed by atoms with Crippen molar-refractivity contribution in [3.8, 4) is 5.75 Å². The maximum absolute atomic E-state index is 15.4. The molecule has 35 heavy (non-hydrogen) atoms. The smallest absolute Gasteiger partial charge is 0.267 e. The van der Waals surface area contributed by atoms with E-state index in [4.69, 9.17) is 27.9 Å². The zero-order chi connectivity index (χ0) is 25.5. The molecule has 1 heterocycles. The fourth-order valence-corrected chi connectivity index (χ4v) is 5.73. The Bertz CT molecular complexity index is 1240. The van der Waals surface area contributed by atoms with Gasteiger partial charge in [-0.25, -0.2) is 21.9 Å². The van der Waals surface area contributed by atoms with E-state index in [9.17, 15) is 17.6 Å². The molecule has 0 atom stereocenters. The van der Waals surface area contributed by atoms with Crippen molar-refractivity contribution >= 4 is 39.1 Å². The SMILES string of the molecule is COc1c(F)c(C(=O)NS(C)(=O)=O)cc(C2CC2)c1C1CCN(Cc2cc(Cl)c(F)c(Cl)c2)CC1. The van der Waals surface area contributed by atoms with Crippen LogP contribution in [0.15, 0.2) is 18.2 Å². The number of halogens is 4. The number of hydrogen-bond donors (Lipinski definition) is 1. The molecule has 4 rings (SSSR count). The first-order valence-electron chi connectivity index (χ1n) is 11.3. The number of likely N-dealkylation sites (tertiary alicyclic amines) is 1. The topological polar surface area (TPSA) is 75.7 Å². The van der Waals surface area contributed by atoms with Gasteiger partial charge in [0, 0.05) is 12.1 Å². The third kappa shape index (κ3) is 5.90. The van der Waals surface area contributed by atoms with Gasteiger partial charge in [-0.1, -0.05) is 23.2 Å². The normalized spacial score (nSPS) is 17.4. The predicted molar refractivity (Wildman–Crippen MR) is 131 cm³/mol. The summed E-state index contributed by atoms with van der Waals surface area (Å²) < 4.78 is 59.5. The summed E-state index contributed by atoms with van der Waals surface area (Å²) in [4.78, 5) is 14.7. The second kappa shape index (κ2) is 10.2. The van der Waals surface area contributed by atoms with Gasteiger partial charge in [-0.15, -0.1) is 0 Å². The Morgan fingerprint density at radius 1 is 1.06 bits per heavy atom. The molecule has 1 amide bonds. The minimum atomic E-state index is -3.85. The number of sulfonamides is 1. The van der Waals surface area contributed by atoms with Crippen molar-refractivity contribution in [2.75, 3.05) is 26.5 Å². The summed E-state index contributed by atoms with van der Waals surface area (Å²) in [6.45, 7) is 1.98. The van der Waals surface area contributed by atoms with Crippen LogP contribution in [0.5, 0.6) is 5.75 Å². The van der Waals surface area contributed by atoms with E-state index in [1.54, 1.807) is 12.1 Å². The summed E-state index contributed by atoms with van der Waals surface area (Å²) in [6.07, 6.45) is 4.14. The van der Waals surface area contributed by atoms with Crippen molar-refractivity contribution in [1.29, 1.82) is 0 Å². The van der Waals surface area contributed by atoms with Gasteiger partial charge in [-0.2, -0.15) is 0 Å². The number of benzene rings is 2. The summed E-state index contributed by atoms with van der Waals surface area (Å²) >= 11 is 11.8. The van der Waals surface area contributed by atoms with Crippen LogP contribution in [0, 0.1) is 11.6 Å². The van der Waals surface area contributed by atoms with Crippen LogP contribution in [0.25, 0.3) is 0 Å². The monoisotopic (exact) mass is 546 g/mol. The molecule has 2 aromatic rings. The molecule has 11 heteroatoms. The molecule has 2 fully saturated rings. The standard InChI is InChI=1S/C24H26Cl2F2N2O4S/c1-34-23-20(16(14-3-4-14)11-17(21(23)27)24(31)29-35(2,32)33)15-5-7-30(8-6-15)12-13-9-18(25)22(28)19(26)10-13/h9-11,14-15H,3-8,12H2,1-2H3,(H,29,31). The molecule has 0 bridgehead atoms. The molecule has 1 aliphatic carbocycles. The van der Waals surface area contributed by atoms with Gasteiger partial charge in [0.1, 0.15) is 0 Å². The first-order chi connectivity index (χ1) is 16.5. The van der Waals surface area contributed by atoms with E-state index in [1.807, 2.05) is 4.72 Å². The van der Waals surface area contributed by atoms with Crippen LogP contribution in [0.1, 0.15) is 64.6 Å². The van der Waals surface area contributed by atoms with Crippen LogP contribution in [-0.2, 0) is 16.6 Å². The maximum Gasteiger partial charge on any atom is 0.267 e. The highest BCUT2D eigenvalue weighted by atomic mass is 35.5. The molecule has 6 nitrogen and oxygen atoms in total. The molecular formula is C24H26Cl2F2N2O4S. The molecule has 1 saturated heterocycles. The van der Waals surface area contributed by atoms with E-state index in [0.29, 0.717) is 19.6 Å². The summed E-state index contributed by atoms with van der Waals surface area (Å²) in [5.41, 5.74) is 2.08. The van der Waals surface area contributed by atoms with Crippen molar-refractivity contribution in [2.24, 2.45) is 0 Å². The van der Waals surface area contributed by atoms with Gasteiger partial charge in [-0.3, -0.25) is 9.69 Å². The summed E-state index contributed by atoms with van der Waals surface area (Å²) in [5.74, 6) is -2.30. The Labute approximate surface area is 213 Å². The number of rotatable bonds is 7. The van der Waals surface area contributed by atoms with E-state index in [0.717, 1.165) is 48.6 Å². The highest BCUT2D eigenvalue weighted by Crippen LogP contribution is 2.49. The van der Waals surface area contributed by atoms with Gasteiger partial charge < -0.3 is 4.74 Å². The maximum atomic E-state index is 15.4. The zero-order valence-corrected chi connectivity index (χ0v) is 21.7. The van der Waals surface area contributed by atoms with Crippen molar-refractivity contribution in [1.82, 2.24) is 9.62 Å². The lowest BCUT2D eigenvalue weighted by Gasteiger charge is -2.34. The van der Waals surface area contributed by atoms with Crippen molar-refractivity contribution < 1.29 is 26.7 Å². The third-order valence-electron chi connectivity index (χ3n) is 6.48. The fraction of sp³-hybridized carbons (Fsp3) is 0.458. The molecule has 0 unspecified atom stereocenters. The fourth-order valence-electron chi connectivity index (χ4n) is 4.75. The quantitative estimate of drug-likeness (QED) is 0.481. The molecule has 190 valence electrons. The lowest BCUT2D eigenvalue weighted by atomic mass is 9.83. The van der Waals surface area contributed by atoms with Crippen LogP contribution in [0.4, 0.5) is 8.78 Å². The van der Waals surface area contributed by atoms with Crippen molar-refractivity contribution in [3.63, 3.8) is 0 Å². The Morgan fingerprint density at radius 2 is 1.66 bits per heavy atom. The van der Waals surface area contributed by atoms with Crippen LogP contribution in [-0.4, -0.2) is 45.7 Å². The molecule has 1 saturated carbocycles. The van der Waals surface area contributed by atoms with Crippen molar-refractivity contribution in [3.05, 3.63) is 62.1 Å². The van der Waals surface area contributed by atoms with E-state index in [-0.39, 0.29) is 33.2 Å². The van der Waals surface area contributed by atoms with Crippen LogP contribution < -0.4 is 9.46 Å². The van der Waals surface area contributed by atoms with Gasteiger partial charge >= 0.3 is 0 Å². The van der Waals surface area contributed by atoms with Gasteiger partial charge in [0.25, 0.3) is 5.91 Å². The molecular weight excluding hydrogens is 521 g/mol. The Morgan fingerprint density at radius 3 is 2.17 bits per heavy atom. The predicted octanol–water partition coefficient (Wildman–Crippen LogP) is 5.23. The van der Waals surface area contributed by atoms with Gasteiger partial charge in [-0.05, 0) is 79.9 Å². The average molecular weight is 547 g/mol. The van der Waals surface area contributed by atoms with Crippen molar-refractivity contribution in [2.45, 2.75) is 44.1 Å². The summed E-state index contributed by atoms with van der Waals surface area (Å²) in [6, 6.07) is 4.62. The Hall–Kier alpha value is -1.94. The molecule has 0 radical (unpaired) electrons. The number of carbonyl (C=O) groups is 1. The number of nitrogens with zero attached hydrogens (tertiary/aromatic N) is 1. The Kier molecular flexibility index (Phi) is 7.62. The molecule has 1 N–H and O–H groups in total. The van der Waals surface area contributed by atoms with E-state index >= 15 is 4.39 Å². The second-order valence-electron chi connectivity index (χ2n) is 9.18. The number of ether oxygens (including phenoxy) is 1. The third-order valence-corrected chi connectivity index (χ3v) is 7.59. The molecule has 2 aromatic carbocycles. The van der Waals surface area contributed by atoms with Gasteiger partial charge in [0.2, 0.25) is 10.0 Å². The minimum absolute atomic E-state index is 0.00333. The van der Waals surface area contributed by atoms with Gasteiger partial charge in [0.15, 0.2) is 17.4 Å². The van der Waals surface area contributed by atoms with Crippen LogP contribution in [0.3, 0.4) is 0 Å². The van der Waals surface area contributed by atoms with Crippen LogP contribution in [0.2, 0.25) is 10.0 Å². The molecule has 1 aliphatic heterocycles. The number of carbonyl (C=O) groups excluding carboxylic acids is 1. The highest BCUT2D eigenvalue weighted by Gasteiger charge is 2.36. The van der Waals surface area contributed by atoms with E-state index < -0.39 is 27.6 Å². The van der Waals surface area contributed by atoms with E-state index in [1.165, 1.54) is 13.2 Å². The average Bonchev–Trinajstić information content (AvgIpc) is 3.62. The number of hydrogen-bond acceptors (Lipinski definition) is 5.